The molecule has 2 N–H and O–H groups in total. The number of aryl methyl sites for hydroxylation is 2. The van der Waals surface area contributed by atoms with Crippen LogP contribution in [0.2, 0.25) is 0 Å². The van der Waals surface area contributed by atoms with E-state index in [2.05, 4.69) is 31.4 Å². The van der Waals surface area contributed by atoms with Crippen LogP contribution in [0.5, 0.6) is 0 Å². The highest BCUT2D eigenvalue weighted by Gasteiger charge is 2.25. The van der Waals surface area contributed by atoms with Gasteiger partial charge in [-0.15, -0.1) is 0 Å². The molecule has 0 bridgehead atoms. The minimum absolute atomic E-state index is 0.217. The van der Waals surface area contributed by atoms with Gasteiger partial charge in [0.05, 0.1) is 17.4 Å². The number of benzene rings is 1. The number of nitriles is 1. The van der Waals surface area contributed by atoms with E-state index in [1.54, 1.807) is 10.9 Å². The average molecular weight is 414 g/mol. The summed E-state index contributed by atoms with van der Waals surface area (Å²) in [5.74, 6) is 1.11. The number of anilines is 2. The number of β-amino-alcohol motifs (C(OH)–C–C–N with tert-alkyl or cyclic N) is 1. The number of hydrogen-bond acceptors (Lipinski definition) is 7. The zero-order valence-electron chi connectivity index (χ0n) is 17.3. The van der Waals surface area contributed by atoms with Crippen LogP contribution in [0.25, 0.3) is 16.7 Å². The monoisotopic (exact) mass is 414 g/mol. The topological polar surface area (TPSA) is 108 Å². The summed E-state index contributed by atoms with van der Waals surface area (Å²) in [5.41, 5.74) is 4.48. The van der Waals surface area contributed by atoms with Crippen LogP contribution in [0.15, 0.2) is 42.9 Å². The Morgan fingerprint density at radius 2 is 2.10 bits per heavy atom. The third-order valence-corrected chi connectivity index (χ3v) is 5.57. The SMILES string of the molecule is Cc1nn(-c2ccnc(Nc3ccc4c(c3)c(C#N)cn4C)n2)cc1CN1CC(O)C1. The summed E-state index contributed by atoms with van der Waals surface area (Å²) in [5, 5.41) is 27.6. The van der Waals surface area contributed by atoms with Gasteiger partial charge in [-0.2, -0.15) is 15.3 Å². The third-order valence-electron chi connectivity index (χ3n) is 5.57. The van der Waals surface area contributed by atoms with Crippen LogP contribution in [0.1, 0.15) is 16.8 Å². The lowest BCUT2D eigenvalue weighted by molar-refractivity contribution is -0.00297. The van der Waals surface area contributed by atoms with Gasteiger partial charge in [0, 0.05) is 73.5 Å². The molecular weight excluding hydrogens is 392 g/mol. The quantitative estimate of drug-likeness (QED) is 0.516. The van der Waals surface area contributed by atoms with Gasteiger partial charge < -0.3 is 15.0 Å². The van der Waals surface area contributed by atoms with Crippen LogP contribution >= 0.6 is 0 Å². The Balaban J connectivity index is 1.38. The number of aromatic nitrogens is 5. The lowest BCUT2D eigenvalue weighted by Gasteiger charge is -2.35. The number of rotatable bonds is 5. The Kier molecular flexibility index (Phi) is 4.66. The van der Waals surface area contributed by atoms with Crippen molar-refractivity contribution in [3.8, 4) is 11.9 Å². The summed E-state index contributed by atoms with van der Waals surface area (Å²) in [6, 6.07) is 9.89. The van der Waals surface area contributed by atoms with E-state index >= 15 is 0 Å². The fourth-order valence-electron chi connectivity index (χ4n) is 3.91. The molecule has 4 aromatic rings. The molecule has 1 aromatic carbocycles. The first kappa shape index (κ1) is 19.2. The molecule has 4 heterocycles. The minimum atomic E-state index is -0.217. The Morgan fingerprint density at radius 1 is 1.26 bits per heavy atom. The van der Waals surface area contributed by atoms with Crippen molar-refractivity contribution in [2.45, 2.75) is 19.6 Å². The van der Waals surface area contributed by atoms with Gasteiger partial charge in [0.25, 0.3) is 0 Å². The predicted molar refractivity (Wildman–Crippen MR) is 116 cm³/mol. The van der Waals surface area contributed by atoms with Crippen molar-refractivity contribution in [1.29, 1.82) is 5.26 Å². The summed E-state index contributed by atoms with van der Waals surface area (Å²) in [7, 11) is 1.92. The van der Waals surface area contributed by atoms with E-state index in [1.165, 1.54) is 0 Å². The van der Waals surface area contributed by atoms with Gasteiger partial charge in [-0.25, -0.2) is 9.67 Å². The second kappa shape index (κ2) is 7.50. The highest BCUT2D eigenvalue weighted by molar-refractivity contribution is 5.89. The van der Waals surface area contributed by atoms with E-state index in [-0.39, 0.29) is 6.10 Å². The van der Waals surface area contributed by atoms with E-state index < -0.39 is 0 Å². The van der Waals surface area contributed by atoms with Crippen molar-refractivity contribution in [1.82, 2.24) is 29.2 Å². The van der Waals surface area contributed by atoms with Crippen LogP contribution in [0, 0.1) is 18.3 Å². The molecule has 0 spiro atoms. The number of likely N-dealkylation sites (tertiary alicyclic amines) is 1. The van der Waals surface area contributed by atoms with E-state index in [0.717, 1.165) is 34.4 Å². The average Bonchev–Trinajstić information content (AvgIpc) is 3.26. The largest absolute Gasteiger partial charge is 0.390 e. The van der Waals surface area contributed by atoms with Gasteiger partial charge in [0.15, 0.2) is 5.82 Å². The molecule has 0 amide bonds. The highest BCUT2D eigenvalue weighted by atomic mass is 16.3. The maximum absolute atomic E-state index is 9.49. The first-order chi connectivity index (χ1) is 15.0. The molecule has 31 heavy (non-hydrogen) atoms. The van der Waals surface area contributed by atoms with Crippen molar-refractivity contribution in [3.05, 3.63) is 59.7 Å². The summed E-state index contributed by atoms with van der Waals surface area (Å²) >= 11 is 0. The molecular formula is C22H22N8O. The zero-order valence-corrected chi connectivity index (χ0v) is 17.3. The van der Waals surface area contributed by atoms with Gasteiger partial charge in [-0.1, -0.05) is 0 Å². The Labute approximate surface area is 179 Å². The molecule has 0 atom stereocenters. The van der Waals surface area contributed by atoms with Crippen molar-refractivity contribution in [2.24, 2.45) is 7.05 Å². The van der Waals surface area contributed by atoms with Crippen molar-refractivity contribution < 1.29 is 5.11 Å². The number of nitrogens with zero attached hydrogens (tertiary/aromatic N) is 7. The molecule has 1 aliphatic rings. The minimum Gasteiger partial charge on any atom is -0.390 e. The van der Waals surface area contributed by atoms with E-state index in [9.17, 15) is 10.4 Å². The van der Waals surface area contributed by atoms with Gasteiger partial charge in [0.1, 0.15) is 6.07 Å². The van der Waals surface area contributed by atoms with Crippen LogP contribution in [0.4, 0.5) is 11.6 Å². The molecule has 0 saturated carbocycles. The summed E-state index contributed by atoms with van der Waals surface area (Å²) < 4.78 is 3.69. The zero-order chi connectivity index (χ0) is 21.5. The lowest BCUT2D eigenvalue weighted by Crippen LogP contribution is -2.49. The van der Waals surface area contributed by atoms with Gasteiger partial charge >= 0.3 is 0 Å². The first-order valence-electron chi connectivity index (χ1n) is 10.1. The number of fused-ring (bicyclic) bond motifs is 1. The number of aliphatic hydroxyl groups is 1. The number of aliphatic hydroxyl groups excluding tert-OH is 1. The molecule has 156 valence electrons. The van der Waals surface area contributed by atoms with E-state index in [1.807, 2.05) is 55.2 Å². The Morgan fingerprint density at radius 3 is 2.87 bits per heavy atom. The van der Waals surface area contributed by atoms with Crippen molar-refractivity contribution >= 4 is 22.5 Å². The molecule has 1 fully saturated rings. The molecule has 5 rings (SSSR count). The maximum Gasteiger partial charge on any atom is 0.229 e. The molecule has 9 heteroatoms. The van der Waals surface area contributed by atoms with Crippen LogP contribution in [0.3, 0.4) is 0 Å². The van der Waals surface area contributed by atoms with Gasteiger partial charge in [-0.05, 0) is 25.1 Å². The van der Waals surface area contributed by atoms with E-state index in [0.29, 0.717) is 30.4 Å². The number of nitrogens with one attached hydrogen (secondary N) is 1. The molecule has 0 radical (unpaired) electrons. The molecule has 3 aromatic heterocycles. The molecule has 1 aliphatic heterocycles. The van der Waals surface area contributed by atoms with Crippen LogP contribution in [-0.4, -0.2) is 53.5 Å². The second-order valence-corrected chi connectivity index (χ2v) is 7.89. The predicted octanol–water partition coefficient (Wildman–Crippen LogP) is 2.25. The molecule has 1 saturated heterocycles. The first-order valence-corrected chi connectivity index (χ1v) is 10.1. The van der Waals surface area contributed by atoms with Gasteiger partial charge in [-0.3, -0.25) is 4.90 Å². The Hall–Kier alpha value is -3.74. The molecule has 0 aliphatic carbocycles. The fraction of sp³-hybridized carbons (Fsp3) is 0.273. The second-order valence-electron chi connectivity index (χ2n) is 7.89. The van der Waals surface area contributed by atoms with E-state index in [4.69, 9.17) is 0 Å². The maximum atomic E-state index is 9.49. The van der Waals surface area contributed by atoms with Gasteiger partial charge in [0.2, 0.25) is 5.95 Å². The summed E-state index contributed by atoms with van der Waals surface area (Å²) in [6.45, 7) is 4.14. The third kappa shape index (κ3) is 3.63. The molecule has 0 unspecified atom stereocenters. The Bertz CT molecular complexity index is 1310. The lowest BCUT2D eigenvalue weighted by atomic mass is 10.1. The van der Waals surface area contributed by atoms with Crippen LogP contribution < -0.4 is 5.32 Å². The standard InChI is InChI=1S/C22H22N8O/c1-14-16(10-29-12-18(31)13-29)11-30(27-14)21-5-6-24-22(26-21)25-17-3-4-20-19(7-17)15(8-23)9-28(20)2/h3-7,9,11,18,31H,10,12-13H2,1-2H3,(H,24,25,26). The number of hydrogen-bond donors (Lipinski definition) is 2. The summed E-state index contributed by atoms with van der Waals surface area (Å²) in [4.78, 5) is 11.1. The molecule has 9 nitrogen and oxygen atoms in total. The normalized spacial score (nSPS) is 14.5. The highest BCUT2D eigenvalue weighted by Crippen LogP contribution is 2.25. The smallest absolute Gasteiger partial charge is 0.229 e. The van der Waals surface area contributed by atoms with Crippen molar-refractivity contribution in [2.75, 3.05) is 18.4 Å². The summed E-state index contributed by atoms with van der Waals surface area (Å²) in [6.07, 6.45) is 5.27. The van der Waals surface area contributed by atoms with Crippen molar-refractivity contribution in [3.63, 3.8) is 0 Å². The fourth-order valence-corrected chi connectivity index (χ4v) is 3.91. The van der Waals surface area contributed by atoms with Crippen LogP contribution in [-0.2, 0) is 13.6 Å².